The molecule has 0 unspecified atom stereocenters. The summed E-state index contributed by atoms with van der Waals surface area (Å²) in [5.41, 5.74) is 0. The second kappa shape index (κ2) is 6.09. The van der Waals surface area contributed by atoms with Crippen molar-refractivity contribution in [3.63, 3.8) is 0 Å². The Morgan fingerprint density at radius 1 is 1.25 bits per heavy atom. The van der Waals surface area contributed by atoms with Crippen LogP contribution in [0.25, 0.3) is 0 Å². The third-order valence-corrected chi connectivity index (χ3v) is 2.13. The van der Waals surface area contributed by atoms with Gasteiger partial charge in [-0.1, -0.05) is 0 Å². The molecule has 0 aromatic rings. The van der Waals surface area contributed by atoms with Crippen LogP contribution in [-0.2, 0) is 14.3 Å². The van der Waals surface area contributed by atoms with Crippen LogP contribution in [0.4, 0.5) is 0 Å². The fourth-order valence-electron chi connectivity index (χ4n) is 1.33. The third-order valence-electron chi connectivity index (χ3n) is 2.13. The molecule has 0 aromatic heterocycles. The van der Waals surface area contributed by atoms with Crippen molar-refractivity contribution in [2.45, 2.75) is 37.6 Å². The Labute approximate surface area is 92.0 Å². The SMILES string of the molecule is CC(=O)O[C@@H]1O[C@H](CO)[C@@H](O)[C@H](O)[C@H]1O.N. The highest BCUT2D eigenvalue weighted by atomic mass is 16.7. The Kier molecular flexibility index (Phi) is 5.79. The van der Waals surface area contributed by atoms with Gasteiger partial charge in [0, 0.05) is 6.92 Å². The molecular weight excluding hydrogens is 222 g/mol. The van der Waals surface area contributed by atoms with Crippen molar-refractivity contribution in [3.05, 3.63) is 0 Å². The molecule has 96 valence electrons. The van der Waals surface area contributed by atoms with E-state index in [1.165, 1.54) is 0 Å². The molecule has 1 heterocycles. The van der Waals surface area contributed by atoms with Crippen molar-refractivity contribution in [1.82, 2.24) is 6.15 Å². The Balaban J connectivity index is 0.00000225. The zero-order valence-electron chi connectivity index (χ0n) is 8.81. The highest BCUT2D eigenvalue weighted by Crippen LogP contribution is 2.21. The molecule has 5 atom stereocenters. The monoisotopic (exact) mass is 239 g/mol. The van der Waals surface area contributed by atoms with E-state index in [4.69, 9.17) is 9.84 Å². The van der Waals surface area contributed by atoms with Crippen LogP contribution < -0.4 is 6.15 Å². The average Bonchev–Trinajstić information content (AvgIpc) is 2.18. The van der Waals surface area contributed by atoms with E-state index in [0.717, 1.165) is 6.92 Å². The number of hydrogen-bond donors (Lipinski definition) is 5. The Bertz CT molecular complexity index is 234. The minimum atomic E-state index is -1.54. The summed E-state index contributed by atoms with van der Waals surface area (Å²) in [4.78, 5) is 10.6. The number of hydrogen-bond acceptors (Lipinski definition) is 8. The molecule has 8 heteroatoms. The van der Waals surface area contributed by atoms with E-state index in [2.05, 4.69) is 4.74 Å². The van der Waals surface area contributed by atoms with Gasteiger partial charge in [0.1, 0.15) is 24.4 Å². The van der Waals surface area contributed by atoms with Crippen LogP contribution in [0.15, 0.2) is 0 Å². The standard InChI is InChI=1S/C8H14O7.H3N/c1-3(10)14-8-7(13)6(12)5(11)4(2-9)15-8;/h4-9,11-13H,2H2,1H3;1H3/t4-,5-,6+,7-,8-;/m1./s1. The van der Waals surface area contributed by atoms with Crippen molar-refractivity contribution in [2.75, 3.05) is 6.61 Å². The summed E-state index contributed by atoms with van der Waals surface area (Å²) < 4.78 is 9.45. The smallest absolute Gasteiger partial charge is 0.305 e. The van der Waals surface area contributed by atoms with Gasteiger partial charge in [-0.15, -0.1) is 0 Å². The predicted octanol–water partition coefficient (Wildman–Crippen LogP) is -2.49. The van der Waals surface area contributed by atoms with Gasteiger partial charge >= 0.3 is 5.97 Å². The summed E-state index contributed by atoms with van der Waals surface area (Å²) in [5, 5.41) is 36.8. The number of ether oxygens (including phenoxy) is 2. The van der Waals surface area contributed by atoms with Gasteiger partial charge in [0.25, 0.3) is 0 Å². The number of esters is 1. The Morgan fingerprint density at radius 3 is 2.25 bits per heavy atom. The molecule has 0 aromatic carbocycles. The average molecular weight is 239 g/mol. The number of aliphatic hydroxyl groups is 4. The van der Waals surface area contributed by atoms with E-state index in [0.29, 0.717) is 0 Å². The molecule has 1 aliphatic heterocycles. The molecule has 0 radical (unpaired) electrons. The van der Waals surface area contributed by atoms with E-state index in [-0.39, 0.29) is 6.15 Å². The third kappa shape index (κ3) is 3.11. The van der Waals surface area contributed by atoms with E-state index in [9.17, 15) is 20.1 Å². The molecule has 1 rings (SSSR count). The number of rotatable bonds is 2. The second-order valence-electron chi connectivity index (χ2n) is 3.31. The maximum atomic E-state index is 10.6. The van der Waals surface area contributed by atoms with Crippen LogP contribution in [0.1, 0.15) is 6.92 Å². The van der Waals surface area contributed by atoms with Crippen molar-refractivity contribution in [3.8, 4) is 0 Å². The van der Waals surface area contributed by atoms with E-state index >= 15 is 0 Å². The lowest BCUT2D eigenvalue weighted by Crippen LogP contribution is -2.59. The van der Waals surface area contributed by atoms with Gasteiger partial charge in [0.2, 0.25) is 6.29 Å². The number of carbonyl (C=O) groups excluding carboxylic acids is 1. The van der Waals surface area contributed by atoms with E-state index < -0.39 is 43.3 Å². The molecule has 1 aliphatic rings. The zero-order valence-corrected chi connectivity index (χ0v) is 8.81. The molecule has 0 saturated carbocycles. The lowest BCUT2D eigenvalue weighted by Gasteiger charge is -2.38. The van der Waals surface area contributed by atoms with Gasteiger partial charge in [0.05, 0.1) is 6.61 Å². The van der Waals surface area contributed by atoms with Gasteiger partial charge < -0.3 is 36.1 Å². The number of aliphatic hydroxyl groups excluding tert-OH is 4. The maximum Gasteiger partial charge on any atom is 0.305 e. The molecule has 0 amide bonds. The molecule has 7 N–H and O–H groups in total. The largest absolute Gasteiger partial charge is 0.433 e. The molecule has 0 spiro atoms. The van der Waals surface area contributed by atoms with Crippen molar-refractivity contribution in [1.29, 1.82) is 0 Å². The molecule has 0 aliphatic carbocycles. The van der Waals surface area contributed by atoms with Crippen molar-refractivity contribution in [2.24, 2.45) is 0 Å². The zero-order chi connectivity index (χ0) is 11.6. The van der Waals surface area contributed by atoms with Crippen LogP contribution >= 0.6 is 0 Å². The van der Waals surface area contributed by atoms with E-state index in [1.54, 1.807) is 0 Å². The summed E-state index contributed by atoms with van der Waals surface area (Å²) in [6, 6.07) is 0. The second-order valence-corrected chi connectivity index (χ2v) is 3.31. The van der Waals surface area contributed by atoms with E-state index in [1.807, 2.05) is 0 Å². The molecular formula is C8H17NO7. The highest BCUT2D eigenvalue weighted by molar-refractivity contribution is 5.66. The van der Waals surface area contributed by atoms with Crippen molar-refractivity contribution < 1.29 is 34.7 Å². The summed E-state index contributed by atoms with van der Waals surface area (Å²) in [6.45, 7) is 0.560. The molecule has 0 bridgehead atoms. The van der Waals surface area contributed by atoms with Gasteiger partial charge in [-0.25, -0.2) is 0 Å². The molecule has 1 saturated heterocycles. The minimum Gasteiger partial charge on any atom is -0.433 e. The first-order chi connectivity index (χ1) is 6.97. The Morgan fingerprint density at radius 2 is 1.81 bits per heavy atom. The topological polar surface area (TPSA) is 151 Å². The summed E-state index contributed by atoms with van der Waals surface area (Å²) >= 11 is 0. The fourth-order valence-corrected chi connectivity index (χ4v) is 1.33. The van der Waals surface area contributed by atoms with Crippen molar-refractivity contribution >= 4 is 5.97 Å². The van der Waals surface area contributed by atoms with Gasteiger partial charge in [0.15, 0.2) is 0 Å². The van der Waals surface area contributed by atoms with Gasteiger partial charge in [-0.2, -0.15) is 0 Å². The van der Waals surface area contributed by atoms with Crippen LogP contribution in [-0.4, -0.2) is 63.7 Å². The van der Waals surface area contributed by atoms with Gasteiger partial charge in [-0.05, 0) is 0 Å². The molecule has 8 nitrogen and oxygen atoms in total. The quantitative estimate of drug-likeness (QED) is 0.332. The summed E-state index contributed by atoms with van der Waals surface area (Å²) in [5.74, 6) is -0.695. The Hall–Kier alpha value is -0.770. The minimum absolute atomic E-state index is 0. The first-order valence-corrected chi connectivity index (χ1v) is 4.45. The lowest BCUT2D eigenvalue weighted by atomic mass is 9.99. The van der Waals surface area contributed by atoms with Crippen LogP contribution in [0.5, 0.6) is 0 Å². The van der Waals surface area contributed by atoms with Gasteiger partial charge in [-0.3, -0.25) is 4.79 Å². The first-order valence-electron chi connectivity index (χ1n) is 4.45. The summed E-state index contributed by atoms with van der Waals surface area (Å²) in [7, 11) is 0. The summed E-state index contributed by atoms with van der Waals surface area (Å²) in [6.07, 6.45) is -6.95. The lowest BCUT2D eigenvalue weighted by molar-refractivity contribution is -0.292. The molecule has 1 fully saturated rings. The normalized spacial score (nSPS) is 38.7. The van der Waals surface area contributed by atoms with Crippen LogP contribution in [0, 0.1) is 0 Å². The highest BCUT2D eigenvalue weighted by Gasteiger charge is 2.44. The maximum absolute atomic E-state index is 10.6. The predicted molar refractivity (Wildman–Crippen MR) is 50.6 cm³/mol. The molecule has 16 heavy (non-hydrogen) atoms. The van der Waals surface area contributed by atoms with Crippen LogP contribution in [0.2, 0.25) is 0 Å². The first kappa shape index (κ1) is 15.2. The fraction of sp³-hybridized carbons (Fsp3) is 0.875. The van der Waals surface area contributed by atoms with Crippen LogP contribution in [0.3, 0.4) is 0 Å². The number of carbonyl (C=O) groups is 1.